The van der Waals surface area contributed by atoms with Gasteiger partial charge in [0.2, 0.25) is 0 Å². The van der Waals surface area contributed by atoms with Crippen LogP contribution < -0.4 is 24.2 Å². The number of nitrogens with one attached hydrogen (secondary N) is 3. The van der Waals surface area contributed by atoms with Gasteiger partial charge in [0, 0.05) is 17.3 Å². The Morgan fingerprint density at radius 2 is 1.38 bits per heavy atom. The lowest BCUT2D eigenvalue weighted by Gasteiger charge is -2.15. The molecular formula is C30H31N3O7S2. The topological polar surface area (TPSA) is 140 Å². The predicted molar refractivity (Wildman–Crippen MR) is 163 cm³/mol. The maximum atomic E-state index is 13.2. The molecule has 0 saturated carbocycles. The van der Waals surface area contributed by atoms with E-state index < -0.39 is 26.0 Å². The number of hydrogen-bond acceptors (Lipinski definition) is 7. The predicted octanol–water partition coefficient (Wildman–Crippen LogP) is 5.48. The van der Waals surface area contributed by atoms with E-state index in [1.807, 2.05) is 19.9 Å². The molecule has 10 nitrogen and oxygen atoms in total. The minimum absolute atomic E-state index is 0.0310. The molecule has 0 heterocycles. The first kappa shape index (κ1) is 30.4. The Hall–Kier alpha value is -4.55. The first-order chi connectivity index (χ1) is 19.8. The van der Waals surface area contributed by atoms with Crippen molar-refractivity contribution in [1.82, 2.24) is 0 Å². The molecule has 3 N–H and O–H groups in total. The van der Waals surface area contributed by atoms with Crippen LogP contribution in [-0.2, 0) is 20.0 Å². The minimum Gasteiger partial charge on any atom is -0.497 e. The molecule has 0 aliphatic carbocycles. The summed E-state index contributed by atoms with van der Waals surface area (Å²) in [6, 6.07) is 20.0. The van der Waals surface area contributed by atoms with Gasteiger partial charge in [-0.25, -0.2) is 16.8 Å². The number of amides is 1. The second kappa shape index (κ2) is 12.1. The lowest BCUT2D eigenvalue weighted by atomic mass is 10.1. The average Bonchev–Trinajstić information content (AvgIpc) is 2.95. The van der Waals surface area contributed by atoms with Crippen LogP contribution in [0, 0.1) is 20.8 Å². The first-order valence-corrected chi connectivity index (χ1v) is 15.7. The van der Waals surface area contributed by atoms with Gasteiger partial charge in [-0.3, -0.25) is 14.2 Å². The van der Waals surface area contributed by atoms with Crippen molar-refractivity contribution >= 4 is 43.0 Å². The second-order valence-electron chi connectivity index (χ2n) is 9.48. The highest BCUT2D eigenvalue weighted by Crippen LogP contribution is 2.31. The van der Waals surface area contributed by atoms with Gasteiger partial charge in [-0.15, -0.1) is 0 Å². The fourth-order valence-corrected chi connectivity index (χ4v) is 6.57. The Bertz CT molecular complexity index is 1850. The van der Waals surface area contributed by atoms with Crippen LogP contribution in [0.15, 0.2) is 88.7 Å². The van der Waals surface area contributed by atoms with Gasteiger partial charge in [0.25, 0.3) is 26.0 Å². The summed E-state index contributed by atoms with van der Waals surface area (Å²) < 4.78 is 68.0. The van der Waals surface area contributed by atoms with Crippen molar-refractivity contribution in [3.8, 4) is 11.5 Å². The van der Waals surface area contributed by atoms with E-state index in [4.69, 9.17) is 9.47 Å². The lowest BCUT2D eigenvalue weighted by molar-refractivity contribution is 0.102. The van der Waals surface area contributed by atoms with E-state index in [9.17, 15) is 21.6 Å². The van der Waals surface area contributed by atoms with E-state index in [2.05, 4.69) is 14.8 Å². The van der Waals surface area contributed by atoms with Crippen molar-refractivity contribution in [3.05, 3.63) is 101 Å². The van der Waals surface area contributed by atoms with Crippen LogP contribution in [0.4, 0.5) is 17.1 Å². The number of aryl methyl sites for hydroxylation is 2. The van der Waals surface area contributed by atoms with Crippen molar-refractivity contribution in [2.45, 2.75) is 30.6 Å². The van der Waals surface area contributed by atoms with Crippen molar-refractivity contribution in [2.75, 3.05) is 29.0 Å². The number of hydrogen-bond donors (Lipinski definition) is 3. The van der Waals surface area contributed by atoms with Crippen LogP contribution in [0.1, 0.15) is 27.0 Å². The quantitative estimate of drug-likeness (QED) is 0.216. The van der Waals surface area contributed by atoms with Gasteiger partial charge in [0.05, 0.1) is 35.4 Å². The van der Waals surface area contributed by atoms with Crippen molar-refractivity contribution in [3.63, 3.8) is 0 Å². The van der Waals surface area contributed by atoms with Crippen LogP contribution in [0.2, 0.25) is 0 Å². The molecule has 0 aromatic heterocycles. The van der Waals surface area contributed by atoms with E-state index in [0.29, 0.717) is 28.4 Å². The number of methoxy groups -OCH3 is 2. The summed E-state index contributed by atoms with van der Waals surface area (Å²) in [5, 5.41) is 2.68. The van der Waals surface area contributed by atoms with Crippen molar-refractivity contribution in [2.24, 2.45) is 0 Å². The molecule has 4 aromatic rings. The fraction of sp³-hybridized carbons (Fsp3) is 0.167. The monoisotopic (exact) mass is 609 g/mol. The fourth-order valence-electron chi connectivity index (χ4n) is 4.11. The summed E-state index contributed by atoms with van der Waals surface area (Å²) in [7, 11) is -5.10. The molecule has 0 aliphatic rings. The molecule has 4 rings (SSSR count). The smallest absolute Gasteiger partial charge is 0.262 e. The van der Waals surface area contributed by atoms with E-state index in [0.717, 1.165) is 11.1 Å². The van der Waals surface area contributed by atoms with Gasteiger partial charge in [-0.05, 0) is 92.1 Å². The molecule has 0 aliphatic heterocycles. The second-order valence-corrected chi connectivity index (χ2v) is 12.8. The molecule has 42 heavy (non-hydrogen) atoms. The highest BCUT2D eigenvalue weighted by molar-refractivity contribution is 7.93. The van der Waals surface area contributed by atoms with Gasteiger partial charge in [-0.2, -0.15) is 0 Å². The Morgan fingerprint density at radius 3 is 2.05 bits per heavy atom. The number of anilines is 3. The molecule has 0 saturated heterocycles. The third-order valence-electron chi connectivity index (χ3n) is 6.66. The van der Waals surface area contributed by atoms with Crippen molar-refractivity contribution < 1.29 is 31.1 Å². The first-order valence-electron chi connectivity index (χ1n) is 12.7. The third-order valence-corrected chi connectivity index (χ3v) is 9.55. The number of sulfonamides is 2. The Kier molecular flexibility index (Phi) is 8.78. The molecule has 0 fully saturated rings. The van der Waals surface area contributed by atoms with E-state index >= 15 is 0 Å². The molecule has 0 radical (unpaired) electrons. The van der Waals surface area contributed by atoms with Crippen LogP contribution in [0.25, 0.3) is 0 Å². The molecule has 0 spiro atoms. The number of carbonyl (C=O) groups excluding carboxylic acids is 1. The normalized spacial score (nSPS) is 11.5. The molecule has 4 aromatic carbocycles. The summed E-state index contributed by atoms with van der Waals surface area (Å²) in [6.07, 6.45) is 0. The van der Waals surface area contributed by atoms with Crippen molar-refractivity contribution in [1.29, 1.82) is 0 Å². The highest BCUT2D eigenvalue weighted by Gasteiger charge is 2.21. The summed E-state index contributed by atoms with van der Waals surface area (Å²) in [5.74, 6) is 0.194. The lowest BCUT2D eigenvalue weighted by Crippen LogP contribution is -2.18. The van der Waals surface area contributed by atoms with Crippen LogP contribution in [-0.4, -0.2) is 37.0 Å². The van der Waals surface area contributed by atoms with E-state index in [1.54, 1.807) is 37.3 Å². The van der Waals surface area contributed by atoms with E-state index in [-0.39, 0.29) is 21.0 Å². The van der Waals surface area contributed by atoms with Gasteiger partial charge in [-0.1, -0.05) is 18.2 Å². The maximum absolute atomic E-state index is 13.2. The molecule has 0 bridgehead atoms. The Morgan fingerprint density at radius 1 is 0.690 bits per heavy atom. The largest absolute Gasteiger partial charge is 0.497 e. The van der Waals surface area contributed by atoms with Crippen LogP contribution in [0.3, 0.4) is 0 Å². The highest BCUT2D eigenvalue weighted by atomic mass is 32.2. The van der Waals surface area contributed by atoms with E-state index in [1.165, 1.54) is 56.7 Å². The molecule has 0 atom stereocenters. The number of carbonyl (C=O) groups is 1. The molecular weight excluding hydrogens is 578 g/mol. The van der Waals surface area contributed by atoms with Gasteiger partial charge in [0.15, 0.2) is 0 Å². The third kappa shape index (κ3) is 6.67. The number of rotatable bonds is 10. The Labute approximate surface area is 245 Å². The summed E-state index contributed by atoms with van der Waals surface area (Å²) in [4.78, 5) is 13.0. The molecule has 0 unspecified atom stereocenters. The SMILES string of the molecule is COc1ccc(OC)c(NS(=O)(=O)c2ccc(NC(=O)c3ccc(C)c(S(=O)(=O)Nc4cccc(C)c4C)c3)cc2)c1. The number of benzene rings is 4. The van der Waals surface area contributed by atoms with Crippen LogP contribution in [0.5, 0.6) is 11.5 Å². The van der Waals surface area contributed by atoms with Gasteiger partial charge >= 0.3 is 0 Å². The molecule has 12 heteroatoms. The summed E-state index contributed by atoms with van der Waals surface area (Å²) >= 11 is 0. The summed E-state index contributed by atoms with van der Waals surface area (Å²) in [5.41, 5.74) is 3.30. The zero-order chi connectivity index (χ0) is 30.7. The molecule has 220 valence electrons. The minimum atomic E-state index is -4.00. The van der Waals surface area contributed by atoms with Crippen LogP contribution >= 0.6 is 0 Å². The zero-order valence-electron chi connectivity index (χ0n) is 23.7. The average molecular weight is 610 g/mol. The maximum Gasteiger partial charge on any atom is 0.262 e. The Balaban J connectivity index is 1.52. The zero-order valence-corrected chi connectivity index (χ0v) is 25.3. The van der Waals surface area contributed by atoms with Gasteiger partial charge < -0.3 is 14.8 Å². The van der Waals surface area contributed by atoms with Gasteiger partial charge in [0.1, 0.15) is 11.5 Å². The standard InChI is InChI=1S/C30H31N3O7S2/c1-19-7-6-8-26(21(19)3)32-42(37,38)29-17-22(10-9-20(29)2)30(34)31-23-11-14-25(15-12-23)41(35,36)33-27-18-24(39-4)13-16-28(27)40-5/h6-18,32-33H,1-5H3,(H,31,34). The summed E-state index contributed by atoms with van der Waals surface area (Å²) in [6.45, 7) is 5.36. The molecule has 1 amide bonds. The number of ether oxygens (including phenoxy) is 2.